The van der Waals surface area contributed by atoms with Gasteiger partial charge in [0, 0.05) is 24.7 Å². The Morgan fingerprint density at radius 3 is 2.52 bits per heavy atom. The van der Waals surface area contributed by atoms with Crippen molar-refractivity contribution in [3.05, 3.63) is 63.3 Å². The van der Waals surface area contributed by atoms with Crippen molar-refractivity contribution in [2.75, 3.05) is 7.05 Å². The molecule has 0 unspecified atom stereocenters. The van der Waals surface area contributed by atoms with E-state index in [9.17, 15) is 9.59 Å². The van der Waals surface area contributed by atoms with Crippen LogP contribution >= 0.6 is 0 Å². The number of rotatable bonds is 5. The predicted octanol–water partition coefficient (Wildman–Crippen LogP) is 2.54. The molecule has 0 radical (unpaired) electrons. The summed E-state index contributed by atoms with van der Waals surface area (Å²) in [6, 6.07) is 9.90. The van der Waals surface area contributed by atoms with E-state index in [0.717, 1.165) is 5.56 Å². The number of hydrogen-bond acceptors (Lipinski definition) is 3. The zero-order chi connectivity index (χ0) is 17.0. The van der Waals surface area contributed by atoms with E-state index in [2.05, 4.69) is 9.97 Å². The van der Waals surface area contributed by atoms with E-state index in [0.29, 0.717) is 29.9 Å². The first-order valence-corrected chi connectivity index (χ1v) is 7.77. The molecule has 0 saturated heterocycles. The molecule has 0 fully saturated rings. The van der Waals surface area contributed by atoms with E-state index in [1.165, 1.54) is 0 Å². The summed E-state index contributed by atoms with van der Waals surface area (Å²) in [6.45, 7) is 5.55. The smallest absolute Gasteiger partial charge is 0.254 e. The summed E-state index contributed by atoms with van der Waals surface area (Å²) >= 11 is 0. The summed E-state index contributed by atoms with van der Waals surface area (Å²) in [6.07, 6.45) is 0.696. The van der Waals surface area contributed by atoms with Crippen molar-refractivity contribution >= 4 is 5.91 Å². The fraction of sp³-hybridized carbons (Fsp3) is 0.389. The largest absolute Gasteiger partial charge is 0.339 e. The van der Waals surface area contributed by atoms with Crippen LogP contribution in [0.15, 0.2) is 35.1 Å². The molecule has 0 spiro atoms. The minimum Gasteiger partial charge on any atom is -0.339 e. The number of benzene rings is 1. The van der Waals surface area contributed by atoms with Gasteiger partial charge in [-0.15, -0.1) is 0 Å². The van der Waals surface area contributed by atoms with E-state index in [4.69, 9.17) is 0 Å². The van der Waals surface area contributed by atoms with Crippen LogP contribution in [0.25, 0.3) is 0 Å². The summed E-state index contributed by atoms with van der Waals surface area (Å²) < 4.78 is 0. The second-order valence-electron chi connectivity index (χ2n) is 5.81. The number of carbonyl (C=O) groups is 1. The Labute approximate surface area is 136 Å². The lowest BCUT2D eigenvalue weighted by Crippen LogP contribution is -2.30. The van der Waals surface area contributed by atoms with Gasteiger partial charge in [0.25, 0.3) is 5.56 Å². The van der Waals surface area contributed by atoms with Gasteiger partial charge in [0.15, 0.2) is 0 Å². The molecule has 1 N–H and O–H groups in total. The lowest BCUT2D eigenvalue weighted by molar-refractivity contribution is -0.131. The normalized spacial score (nSPS) is 12.0. The maximum Gasteiger partial charge on any atom is 0.254 e. The van der Waals surface area contributed by atoms with Crippen LogP contribution in [0.1, 0.15) is 42.0 Å². The van der Waals surface area contributed by atoms with Crippen molar-refractivity contribution in [2.45, 2.75) is 39.7 Å². The molecule has 1 amide bonds. The van der Waals surface area contributed by atoms with Crippen molar-refractivity contribution in [3.8, 4) is 0 Å². The molecule has 0 aliphatic rings. The van der Waals surface area contributed by atoms with Crippen LogP contribution in [0, 0.1) is 13.8 Å². The van der Waals surface area contributed by atoms with Crippen LogP contribution in [-0.2, 0) is 11.2 Å². The maximum absolute atomic E-state index is 12.4. The second kappa shape index (κ2) is 7.22. The number of nitrogens with one attached hydrogen (secondary N) is 1. The van der Waals surface area contributed by atoms with Gasteiger partial charge in [-0.25, -0.2) is 4.98 Å². The minimum absolute atomic E-state index is 0.000718. The average Bonchev–Trinajstić information content (AvgIpc) is 2.53. The first kappa shape index (κ1) is 16.9. The molecule has 23 heavy (non-hydrogen) atoms. The molecule has 0 aliphatic carbocycles. The molecule has 2 aromatic rings. The zero-order valence-corrected chi connectivity index (χ0v) is 14.1. The quantitative estimate of drug-likeness (QED) is 0.922. The third kappa shape index (κ3) is 4.06. The summed E-state index contributed by atoms with van der Waals surface area (Å²) in [7, 11) is 1.80. The summed E-state index contributed by atoms with van der Waals surface area (Å²) in [5.41, 5.74) is 2.22. The SMILES string of the molecule is Cc1nc(C)c(CCC(=O)N(C)[C@H](C)c2ccccc2)c(=O)[nH]1. The first-order valence-electron chi connectivity index (χ1n) is 7.77. The lowest BCUT2D eigenvalue weighted by atomic mass is 10.1. The highest BCUT2D eigenvalue weighted by molar-refractivity contribution is 5.76. The van der Waals surface area contributed by atoms with E-state index in [1.807, 2.05) is 37.3 Å². The van der Waals surface area contributed by atoms with E-state index in [1.54, 1.807) is 25.8 Å². The molecule has 1 aromatic heterocycles. The molecule has 0 aliphatic heterocycles. The summed E-state index contributed by atoms with van der Waals surface area (Å²) in [5.74, 6) is 0.609. The van der Waals surface area contributed by atoms with E-state index >= 15 is 0 Å². The van der Waals surface area contributed by atoms with Gasteiger partial charge in [-0.3, -0.25) is 9.59 Å². The van der Waals surface area contributed by atoms with Gasteiger partial charge in [0.1, 0.15) is 5.82 Å². The van der Waals surface area contributed by atoms with Crippen molar-refractivity contribution < 1.29 is 4.79 Å². The van der Waals surface area contributed by atoms with E-state index in [-0.39, 0.29) is 17.5 Å². The zero-order valence-electron chi connectivity index (χ0n) is 14.1. The molecule has 5 nitrogen and oxygen atoms in total. The van der Waals surface area contributed by atoms with Gasteiger partial charge in [-0.05, 0) is 32.8 Å². The van der Waals surface area contributed by atoms with Gasteiger partial charge in [0.2, 0.25) is 5.91 Å². The fourth-order valence-electron chi connectivity index (χ4n) is 2.62. The Bertz CT molecular complexity index is 738. The average molecular weight is 313 g/mol. The number of carbonyl (C=O) groups excluding carboxylic acids is 1. The molecule has 1 aromatic carbocycles. The molecular formula is C18H23N3O2. The second-order valence-corrected chi connectivity index (χ2v) is 5.81. The summed E-state index contributed by atoms with van der Waals surface area (Å²) in [5, 5.41) is 0. The third-order valence-electron chi connectivity index (χ3n) is 4.19. The van der Waals surface area contributed by atoms with Gasteiger partial charge in [-0.2, -0.15) is 0 Å². The maximum atomic E-state index is 12.4. The molecule has 122 valence electrons. The minimum atomic E-state index is -0.151. The highest BCUT2D eigenvalue weighted by Gasteiger charge is 2.18. The fourth-order valence-corrected chi connectivity index (χ4v) is 2.62. The third-order valence-corrected chi connectivity index (χ3v) is 4.19. The number of aromatic nitrogens is 2. The van der Waals surface area contributed by atoms with Crippen LogP contribution in [0.4, 0.5) is 0 Å². The lowest BCUT2D eigenvalue weighted by Gasteiger charge is -2.25. The van der Waals surface area contributed by atoms with E-state index < -0.39 is 0 Å². The molecule has 2 rings (SSSR count). The van der Waals surface area contributed by atoms with Crippen LogP contribution in [0.3, 0.4) is 0 Å². The number of aryl methyl sites for hydroxylation is 2. The van der Waals surface area contributed by atoms with Crippen molar-refractivity contribution in [1.29, 1.82) is 0 Å². The number of aromatic amines is 1. The Kier molecular flexibility index (Phi) is 5.32. The molecule has 1 atom stereocenters. The Morgan fingerprint density at radius 1 is 1.26 bits per heavy atom. The highest BCUT2D eigenvalue weighted by Crippen LogP contribution is 2.19. The van der Waals surface area contributed by atoms with Crippen LogP contribution in [-0.4, -0.2) is 27.8 Å². The predicted molar refractivity (Wildman–Crippen MR) is 90.3 cm³/mol. The molecule has 1 heterocycles. The number of H-pyrrole nitrogens is 1. The molecular weight excluding hydrogens is 290 g/mol. The standard InChI is InChI=1S/C18H23N3O2/c1-12-16(18(23)20-14(3)19-12)10-11-17(22)21(4)13(2)15-8-6-5-7-9-15/h5-9,13H,10-11H2,1-4H3,(H,19,20,23)/t13-/m1/s1. The number of nitrogens with zero attached hydrogens (tertiary/aromatic N) is 2. The Hall–Kier alpha value is -2.43. The van der Waals surface area contributed by atoms with Crippen LogP contribution in [0.5, 0.6) is 0 Å². The van der Waals surface area contributed by atoms with Crippen molar-refractivity contribution in [3.63, 3.8) is 0 Å². The topological polar surface area (TPSA) is 66.1 Å². The van der Waals surface area contributed by atoms with Gasteiger partial charge in [-0.1, -0.05) is 30.3 Å². The highest BCUT2D eigenvalue weighted by atomic mass is 16.2. The van der Waals surface area contributed by atoms with Crippen LogP contribution < -0.4 is 5.56 Å². The van der Waals surface area contributed by atoms with Crippen LogP contribution in [0.2, 0.25) is 0 Å². The monoisotopic (exact) mass is 313 g/mol. The molecule has 0 saturated carbocycles. The Balaban J connectivity index is 2.04. The van der Waals surface area contributed by atoms with Gasteiger partial charge >= 0.3 is 0 Å². The van der Waals surface area contributed by atoms with Gasteiger partial charge < -0.3 is 9.88 Å². The number of hydrogen-bond donors (Lipinski definition) is 1. The number of amides is 1. The van der Waals surface area contributed by atoms with Crippen molar-refractivity contribution in [2.24, 2.45) is 0 Å². The first-order chi connectivity index (χ1) is 10.9. The summed E-state index contributed by atoms with van der Waals surface area (Å²) in [4.78, 5) is 33.1. The molecule has 5 heteroatoms. The van der Waals surface area contributed by atoms with Gasteiger partial charge in [0.05, 0.1) is 6.04 Å². The Morgan fingerprint density at radius 2 is 1.91 bits per heavy atom. The van der Waals surface area contributed by atoms with Crippen molar-refractivity contribution in [1.82, 2.24) is 14.9 Å². The molecule has 0 bridgehead atoms.